The highest BCUT2D eigenvalue weighted by Crippen LogP contribution is 2.38. The number of hydrogen-bond donors (Lipinski definition) is 2. The zero-order valence-corrected chi connectivity index (χ0v) is 30.6. The number of nitrogens with one attached hydrogen (secondary N) is 1. The van der Waals surface area contributed by atoms with E-state index in [2.05, 4.69) is 5.32 Å². The van der Waals surface area contributed by atoms with Crippen molar-refractivity contribution >= 4 is 57.7 Å². The highest BCUT2D eigenvalue weighted by atomic mass is 16.6. The smallest absolute Gasteiger partial charge is 0.410 e. The fraction of sp³-hybridized carbons (Fsp3) is 0.300. The van der Waals surface area contributed by atoms with Gasteiger partial charge < -0.3 is 29.7 Å². The number of para-hydroxylation sites is 2. The standard InChI is InChI=1S/C40H42N4O9/c1-23(42(6)39(51)53-40(3,4)5)35(46)41-31-22-44(36(47)26-14-12-25(13-15-26)24(2)45)33-11-9-8-10-32(33)43(37(31)48)21-30-29-18-16-28(38(49)50)20-27(29)17-19-34(30)52-7/h8-20,23,31H,21-22H2,1-7H3,(H,41,46)(H,49,50)/t23-,31-/m0/s1. The molecular formula is C40H42N4O9. The molecule has 4 aromatic carbocycles. The molecule has 13 heteroatoms. The van der Waals surface area contributed by atoms with Crippen LogP contribution in [0.1, 0.15) is 71.3 Å². The third-order valence-corrected chi connectivity index (χ3v) is 9.01. The Bertz CT molecular complexity index is 2110. The van der Waals surface area contributed by atoms with Crippen molar-refractivity contribution in [1.29, 1.82) is 0 Å². The quantitative estimate of drug-likeness (QED) is 0.207. The van der Waals surface area contributed by atoms with E-state index in [0.717, 1.165) is 4.90 Å². The van der Waals surface area contributed by atoms with E-state index in [1.807, 2.05) is 0 Å². The predicted molar refractivity (Wildman–Crippen MR) is 199 cm³/mol. The van der Waals surface area contributed by atoms with E-state index in [1.54, 1.807) is 75.4 Å². The number of ketones is 1. The van der Waals surface area contributed by atoms with Crippen molar-refractivity contribution in [1.82, 2.24) is 10.2 Å². The summed E-state index contributed by atoms with van der Waals surface area (Å²) in [6.07, 6.45) is -0.735. The van der Waals surface area contributed by atoms with Gasteiger partial charge in [0.15, 0.2) is 5.78 Å². The van der Waals surface area contributed by atoms with Crippen molar-refractivity contribution in [3.05, 3.63) is 101 Å². The Hall–Kier alpha value is -6.24. The summed E-state index contributed by atoms with van der Waals surface area (Å²) >= 11 is 0. The minimum Gasteiger partial charge on any atom is -0.496 e. The molecule has 276 valence electrons. The first kappa shape index (κ1) is 38.0. The number of anilines is 2. The Morgan fingerprint density at radius 2 is 1.55 bits per heavy atom. The van der Waals surface area contributed by atoms with Gasteiger partial charge in [0.1, 0.15) is 23.4 Å². The van der Waals surface area contributed by atoms with Crippen LogP contribution in [0.15, 0.2) is 78.9 Å². The number of methoxy groups -OCH3 is 1. The second-order valence-electron chi connectivity index (χ2n) is 13.8. The molecule has 4 aromatic rings. The van der Waals surface area contributed by atoms with Crippen molar-refractivity contribution in [3.8, 4) is 5.75 Å². The summed E-state index contributed by atoms with van der Waals surface area (Å²) in [5, 5.41) is 13.6. The van der Waals surface area contributed by atoms with Crippen molar-refractivity contribution in [2.75, 3.05) is 30.5 Å². The van der Waals surface area contributed by atoms with Crippen molar-refractivity contribution in [2.24, 2.45) is 0 Å². The molecule has 0 spiro atoms. The summed E-state index contributed by atoms with van der Waals surface area (Å²) in [7, 11) is 2.90. The first-order valence-electron chi connectivity index (χ1n) is 16.9. The van der Waals surface area contributed by atoms with E-state index in [9.17, 15) is 33.9 Å². The lowest BCUT2D eigenvalue weighted by Crippen LogP contribution is -2.57. The molecule has 5 rings (SSSR count). The number of carboxylic acid groups (broad SMARTS) is 1. The lowest BCUT2D eigenvalue weighted by atomic mass is 10.00. The van der Waals surface area contributed by atoms with Crippen LogP contribution in [0.2, 0.25) is 0 Å². The highest BCUT2D eigenvalue weighted by molar-refractivity contribution is 6.13. The Morgan fingerprint density at radius 1 is 0.925 bits per heavy atom. The molecule has 0 unspecified atom stereocenters. The summed E-state index contributed by atoms with van der Waals surface area (Å²) in [5.41, 5.74) is 1.25. The van der Waals surface area contributed by atoms with Gasteiger partial charge in [-0.1, -0.05) is 36.4 Å². The van der Waals surface area contributed by atoms with E-state index >= 15 is 0 Å². The van der Waals surface area contributed by atoms with E-state index in [4.69, 9.17) is 9.47 Å². The second-order valence-corrected chi connectivity index (χ2v) is 13.8. The van der Waals surface area contributed by atoms with Gasteiger partial charge in [0, 0.05) is 23.7 Å². The van der Waals surface area contributed by atoms with Gasteiger partial charge in [-0.3, -0.25) is 24.1 Å². The predicted octanol–water partition coefficient (Wildman–Crippen LogP) is 5.68. The molecular weight excluding hydrogens is 680 g/mol. The first-order valence-corrected chi connectivity index (χ1v) is 16.9. The van der Waals surface area contributed by atoms with Crippen LogP contribution in [0.25, 0.3) is 10.8 Å². The molecule has 53 heavy (non-hydrogen) atoms. The van der Waals surface area contributed by atoms with Crippen LogP contribution in [0, 0.1) is 0 Å². The molecule has 0 aliphatic carbocycles. The lowest BCUT2D eigenvalue weighted by Gasteiger charge is -2.30. The number of likely N-dealkylation sites (N-methyl/N-ethyl adjacent to an activating group) is 1. The van der Waals surface area contributed by atoms with Gasteiger partial charge in [0.25, 0.3) is 11.8 Å². The average Bonchev–Trinajstić information content (AvgIpc) is 3.23. The summed E-state index contributed by atoms with van der Waals surface area (Å²) in [4.78, 5) is 83.4. The van der Waals surface area contributed by atoms with Crippen molar-refractivity contribution in [2.45, 2.75) is 58.8 Å². The summed E-state index contributed by atoms with van der Waals surface area (Å²) in [5.74, 6) is -2.52. The minimum absolute atomic E-state index is 0.0855. The number of carbonyl (C=O) groups is 6. The number of hydrogen-bond acceptors (Lipinski definition) is 8. The van der Waals surface area contributed by atoms with E-state index in [0.29, 0.717) is 39.0 Å². The molecule has 0 radical (unpaired) electrons. The van der Waals surface area contributed by atoms with Crippen LogP contribution in [-0.4, -0.2) is 84.0 Å². The number of carboxylic acids is 1. The summed E-state index contributed by atoms with van der Waals surface area (Å²) in [6.45, 7) is 7.67. The Kier molecular flexibility index (Phi) is 10.9. The maximum absolute atomic E-state index is 14.8. The molecule has 0 saturated carbocycles. The average molecular weight is 723 g/mol. The van der Waals surface area contributed by atoms with Crippen LogP contribution in [-0.2, 0) is 20.9 Å². The van der Waals surface area contributed by atoms with E-state index in [1.165, 1.54) is 62.1 Å². The molecule has 4 amide bonds. The number of nitrogens with zero attached hydrogens (tertiary/aromatic N) is 3. The third kappa shape index (κ3) is 8.14. The lowest BCUT2D eigenvalue weighted by molar-refractivity contribution is -0.130. The molecule has 0 fully saturated rings. The van der Waals surface area contributed by atoms with Gasteiger partial charge in [0.2, 0.25) is 5.91 Å². The Balaban J connectivity index is 1.61. The number of amides is 4. The Morgan fingerprint density at radius 3 is 2.15 bits per heavy atom. The zero-order chi connectivity index (χ0) is 38.8. The zero-order valence-electron chi connectivity index (χ0n) is 30.6. The van der Waals surface area contributed by atoms with Crippen molar-refractivity contribution < 1.29 is 43.3 Å². The monoisotopic (exact) mass is 722 g/mol. The summed E-state index contributed by atoms with van der Waals surface area (Å²) < 4.78 is 11.2. The largest absolute Gasteiger partial charge is 0.496 e. The van der Waals surface area contributed by atoms with E-state index < -0.39 is 47.5 Å². The van der Waals surface area contributed by atoms with Crippen LogP contribution >= 0.6 is 0 Å². The number of aromatic carboxylic acids is 1. The number of benzene rings is 4. The molecule has 1 heterocycles. The fourth-order valence-corrected chi connectivity index (χ4v) is 6.03. The highest BCUT2D eigenvalue weighted by Gasteiger charge is 2.39. The van der Waals surface area contributed by atoms with Crippen LogP contribution < -0.4 is 19.9 Å². The second kappa shape index (κ2) is 15.2. The molecule has 2 N–H and O–H groups in total. The van der Waals surface area contributed by atoms with Gasteiger partial charge in [-0.05, 0) is 87.9 Å². The normalized spacial score (nSPS) is 14.8. The molecule has 0 saturated heterocycles. The number of carbonyl (C=O) groups excluding carboxylic acids is 5. The molecule has 0 aromatic heterocycles. The number of fused-ring (bicyclic) bond motifs is 2. The van der Waals surface area contributed by atoms with Crippen LogP contribution in [0.3, 0.4) is 0 Å². The van der Waals surface area contributed by atoms with Gasteiger partial charge >= 0.3 is 12.1 Å². The van der Waals surface area contributed by atoms with Gasteiger partial charge in [-0.15, -0.1) is 0 Å². The number of ether oxygens (including phenoxy) is 2. The van der Waals surface area contributed by atoms with Crippen molar-refractivity contribution in [3.63, 3.8) is 0 Å². The maximum Gasteiger partial charge on any atom is 0.410 e. The maximum atomic E-state index is 14.8. The molecule has 1 aliphatic heterocycles. The first-order chi connectivity index (χ1) is 25.0. The molecule has 0 bridgehead atoms. The fourth-order valence-electron chi connectivity index (χ4n) is 6.03. The topological polar surface area (TPSA) is 163 Å². The van der Waals surface area contributed by atoms with Gasteiger partial charge in [-0.2, -0.15) is 0 Å². The SMILES string of the molecule is COc1ccc2cc(C(=O)O)ccc2c1CN1C(=O)[C@@H](NC(=O)[C@H](C)N(C)C(=O)OC(C)(C)C)CN(C(=O)c2ccc(C(C)=O)cc2)c2ccccc21. The number of rotatable bonds is 9. The third-order valence-electron chi connectivity index (χ3n) is 9.01. The van der Waals surface area contributed by atoms with Crippen LogP contribution in [0.4, 0.5) is 16.2 Å². The molecule has 13 nitrogen and oxygen atoms in total. The molecule has 1 aliphatic rings. The Labute approximate surface area is 307 Å². The minimum atomic E-state index is -1.30. The molecule has 2 atom stereocenters. The van der Waals surface area contributed by atoms with Gasteiger partial charge in [0.05, 0.1) is 37.1 Å². The summed E-state index contributed by atoms with van der Waals surface area (Å²) in [6, 6.07) is 18.7. The number of Topliss-reactive ketones (excluding diaryl/α,β-unsaturated/α-hetero) is 1. The van der Waals surface area contributed by atoms with Crippen LogP contribution in [0.5, 0.6) is 5.75 Å². The van der Waals surface area contributed by atoms with Gasteiger partial charge in [-0.25, -0.2) is 9.59 Å². The van der Waals surface area contributed by atoms with E-state index in [-0.39, 0.29) is 30.0 Å².